The summed E-state index contributed by atoms with van der Waals surface area (Å²) in [4.78, 5) is 26.1. The summed E-state index contributed by atoms with van der Waals surface area (Å²) in [5, 5.41) is 12.7. The Hall–Kier alpha value is -2.65. The van der Waals surface area contributed by atoms with Crippen molar-refractivity contribution in [3.8, 4) is 11.4 Å². The summed E-state index contributed by atoms with van der Waals surface area (Å²) in [5.41, 5.74) is 3.84. The highest BCUT2D eigenvalue weighted by Gasteiger charge is 2.28. The molecule has 1 amide bonds. The van der Waals surface area contributed by atoms with Crippen molar-refractivity contribution in [2.75, 3.05) is 18.2 Å². The number of ether oxygens (including phenoxy) is 1. The molecule has 1 aromatic carbocycles. The SMILES string of the molecule is COC(=O)c1c(NC(=O)CSc2nnc(-c3ccc(C(C)(C)C)cc3)n2C)sc2c1CCC2. The second-order valence-corrected chi connectivity index (χ2v) is 11.1. The standard InChI is InChI=1S/C24H28N4O3S2/c1-24(2,3)15-11-9-14(10-12-15)20-26-27-23(28(20)4)32-13-18(29)25-21-19(22(30)31-5)16-7-6-8-17(16)33-21/h9-12H,6-8,13H2,1-5H3,(H,25,29). The molecule has 1 N–H and O–H groups in total. The normalized spacial score (nSPS) is 13.1. The molecule has 0 radical (unpaired) electrons. The number of nitrogens with zero attached hydrogens (tertiary/aromatic N) is 3. The van der Waals surface area contributed by atoms with Gasteiger partial charge in [-0.3, -0.25) is 4.79 Å². The molecule has 174 valence electrons. The number of fused-ring (bicyclic) bond motifs is 1. The number of carbonyl (C=O) groups excluding carboxylic acids is 2. The lowest BCUT2D eigenvalue weighted by atomic mass is 9.87. The number of hydrogen-bond donors (Lipinski definition) is 1. The van der Waals surface area contributed by atoms with Crippen LogP contribution in [-0.4, -0.2) is 39.5 Å². The summed E-state index contributed by atoms with van der Waals surface area (Å²) < 4.78 is 6.84. The highest BCUT2D eigenvalue weighted by molar-refractivity contribution is 7.99. The van der Waals surface area contributed by atoms with Crippen molar-refractivity contribution < 1.29 is 14.3 Å². The summed E-state index contributed by atoms with van der Waals surface area (Å²) in [5.74, 6) is 0.330. The fourth-order valence-electron chi connectivity index (χ4n) is 3.91. The van der Waals surface area contributed by atoms with E-state index in [2.05, 4.69) is 60.6 Å². The number of esters is 1. The van der Waals surface area contributed by atoms with Gasteiger partial charge in [0.05, 0.1) is 18.4 Å². The minimum absolute atomic E-state index is 0.0865. The summed E-state index contributed by atoms with van der Waals surface area (Å²) >= 11 is 2.79. The number of rotatable bonds is 6. The van der Waals surface area contributed by atoms with Gasteiger partial charge < -0.3 is 14.6 Å². The molecule has 0 saturated heterocycles. The van der Waals surface area contributed by atoms with Crippen molar-refractivity contribution in [1.82, 2.24) is 14.8 Å². The van der Waals surface area contributed by atoms with Crippen LogP contribution in [0.4, 0.5) is 5.00 Å². The zero-order valence-corrected chi connectivity index (χ0v) is 21.2. The number of nitrogens with one attached hydrogen (secondary N) is 1. The maximum Gasteiger partial charge on any atom is 0.341 e. The Bertz CT molecular complexity index is 1190. The molecule has 0 atom stereocenters. The molecule has 9 heteroatoms. The lowest BCUT2D eigenvalue weighted by Crippen LogP contribution is -2.16. The molecular weight excluding hydrogens is 456 g/mol. The van der Waals surface area contributed by atoms with E-state index in [0.29, 0.717) is 15.7 Å². The number of carbonyl (C=O) groups is 2. The number of thiophene rings is 1. The molecule has 1 aliphatic rings. The van der Waals surface area contributed by atoms with Crippen LogP contribution in [0.2, 0.25) is 0 Å². The topological polar surface area (TPSA) is 86.1 Å². The second-order valence-electron chi connectivity index (χ2n) is 9.08. The fraction of sp³-hybridized carbons (Fsp3) is 0.417. The molecule has 4 rings (SSSR count). The third kappa shape index (κ3) is 4.84. The van der Waals surface area contributed by atoms with Gasteiger partial charge in [-0.15, -0.1) is 21.5 Å². The van der Waals surface area contributed by atoms with E-state index < -0.39 is 5.97 Å². The van der Waals surface area contributed by atoms with E-state index in [1.165, 1.54) is 35.8 Å². The molecule has 33 heavy (non-hydrogen) atoms. The molecule has 2 aromatic heterocycles. The number of methoxy groups -OCH3 is 1. The Balaban J connectivity index is 1.43. The van der Waals surface area contributed by atoms with E-state index in [1.54, 1.807) is 0 Å². The Morgan fingerprint density at radius 3 is 2.58 bits per heavy atom. The lowest BCUT2D eigenvalue weighted by Gasteiger charge is -2.19. The zero-order valence-electron chi connectivity index (χ0n) is 19.5. The number of amides is 1. The van der Waals surface area contributed by atoms with Crippen LogP contribution in [0.1, 0.15) is 53.6 Å². The number of benzene rings is 1. The highest BCUT2D eigenvalue weighted by Crippen LogP contribution is 2.39. The van der Waals surface area contributed by atoms with E-state index >= 15 is 0 Å². The monoisotopic (exact) mass is 484 g/mol. The van der Waals surface area contributed by atoms with E-state index in [1.807, 2.05) is 11.6 Å². The van der Waals surface area contributed by atoms with Gasteiger partial charge in [0.15, 0.2) is 11.0 Å². The summed E-state index contributed by atoms with van der Waals surface area (Å²) in [6, 6.07) is 8.33. The van der Waals surface area contributed by atoms with Crippen LogP contribution < -0.4 is 5.32 Å². The molecule has 0 saturated carbocycles. The van der Waals surface area contributed by atoms with Crippen LogP contribution in [0, 0.1) is 0 Å². The van der Waals surface area contributed by atoms with Crippen LogP contribution in [0.5, 0.6) is 0 Å². The number of aryl methyl sites for hydroxylation is 1. The smallest absolute Gasteiger partial charge is 0.341 e. The first-order valence-corrected chi connectivity index (χ1v) is 12.6. The van der Waals surface area contributed by atoms with Crippen LogP contribution in [0.3, 0.4) is 0 Å². The number of anilines is 1. The third-order valence-corrected chi connectivity index (χ3v) is 7.97. The van der Waals surface area contributed by atoms with Gasteiger partial charge >= 0.3 is 5.97 Å². The Morgan fingerprint density at radius 2 is 1.91 bits per heavy atom. The molecule has 1 aliphatic carbocycles. The number of thioether (sulfide) groups is 1. The number of aromatic nitrogens is 3. The van der Waals surface area contributed by atoms with E-state index in [4.69, 9.17) is 4.74 Å². The third-order valence-electron chi connectivity index (χ3n) is 5.74. The van der Waals surface area contributed by atoms with Gasteiger partial charge in [-0.25, -0.2) is 4.79 Å². The van der Waals surface area contributed by atoms with Gasteiger partial charge in [0.1, 0.15) is 5.00 Å². The molecule has 0 aliphatic heterocycles. The van der Waals surface area contributed by atoms with Gasteiger partial charge in [-0.05, 0) is 35.8 Å². The van der Waals surface area contributed by atoms with E-state index in [0.717, 1.165) is 41.1 Å². The minimum Gasteiger partial charge on any atom is -0.465 e. The van der Waals surface area contributed by atoms with Crippen molar-refractivity contribution in [1.29, 1.82) is 0 Å². The summed E-state index contributed by atoms with van der Waals surface area (Å²) in [6.45, 7) is 6.55. The molecule has 3 aromatic rings. The molecule has 0 bridgehead atoms. The van der Waals surface area contributed by atoms with Crippen LogP contribution >= 0.6 is 23.1 Å². The van der Waals surface area contributed by atoms with Crippen molar-refractivity contribution in [2.45, 2.75) is 50.6 Å². The van der Waals surface area contributed by atoms with Crippen LogP contribution in [0.15, 0.2) is 29.4 Å². The average molecular weight is 485 g/mol. The first kappa shape index (κ1) is 23.5. The van der Waals surface area contributed by atoms with Crippen molar-refractivity contribution in [3.63, 3.8) is 0 Å². The highest BCUT2D eigenvalue weighted by atomic mass is 32.2. The van der Waals surface area contributed by atoms with Crippen molar-refractivity contribution in [3.05, 3.63) is 45.8 Å². The van der Waals surface area contributed by atoms with E-state index in [9.17, 15) is 9.59 Å². The van der Waals surface area contributed by atoms with Gasteiger partial charge in [0, 0.05) is 17.5 Å². The Labute approximate surface area is 201 Å². The van der Waals surface area contributed by atoms with Crippen molar-refractivity contribution in [2.24, 2.45) is 7.05 Å². The van der Waals surface area contributed by atoms with Gasteiger partial charge in [0.2, 0.25) is 5.91 Å². The maximum absolute atomic E-state index is 12.7. The fourth-order valence-corrected chi connectivity index (χ4v) is 5.92. The average Bonchev–Trinajstić information content (AvgIpc) is 3.46. The van der Waals surface area contributed by atoms with Crippen LogP contribution in [0.25, 0.3) is 11.4 Å². The molecule has 7 nitrogen and oxygen atoms in total. The quantitative estimate of drug-likeness (QED) is 0.398. The van der Waals surface area contributed by atoms with Gasteiger partial charge in [-0.1, -0.05) is 56.8 Å². The molecule has 0 spiro atoms. The Kier molecular flexibility index (Phi) is 6.63. The first-order chi connectivity index (χ1) is 15.7. The first-order valence-electron chi connectivity index (χ1n) is 10.8. The second kappa shape index (κ2) is 9.30. The molecular formula is C24H28N4O3S2. The summed E-state index contributed by atoms with van der Waals surface area (Å²) in [6.07, 6.45) is 2.81. The molecule has 0 fully saturated rings. The van der Waals surface area contributed by atoms with Gasteiger partial charge in [0.25, 0.3) is 0 Å². The van der Waals surface area contributed by atoms with Crippen LogP contribution in [-0.2, 0) is 34.8 Å². The predicted octanol–water partition coefficient (Wildman–Crippen LogP) is 4.85. The van der Waals surface area contributed by atoms with Gasteiger partial charge in [-0.2, -0.15) is 0 Å². The van der Waals surface area contributed by atoms with E-state index in [-0.39, 0.29) is 17.1 Å². The maximum atomic E-state index is 12.7. The molecule has 0 unspecified atom stereocenters. The minimum atomic E-state index is -0.396. The number of hydrogen-bond acceptors (Lipinski definition) is 7. The predicted molar refractivity (Wildman–Crippen MR) is 132 cm³/mol. The largest absolute Gasteiger partial charge is 0.465 e. The van der Waals surface area contributed by atoms with Crippen molar-refractivity contribution >= 4 is 40.0 Å². The lowest BCUT2D eigenvalue weighted by molar-refractivity contribution is -0.113. The summed E-state index contributed by atoms with van der Waals surface area (Å²) in [7, 11) is 3.26. The zero-order chi connectivity index (χ0) is 23.8. The Morgan fingerprint density at radius 1 is 1.18 bits per heavy atom. The molecule has 2 heterocycles.